The summed E-state index contributed by atoms with van der Waals surface area (Å²) < 4.78 is 25.0. The Morgan fingerprint density at radius 3 is 2.59 bits per heavy atom. The highest BCUT2D eigenvalue weighted by Crippen LogP contribution is 2.38. The van der Waals surface area contributed by atoms with E-state index in [9.17, 15) is 9.18 Å². The number of hydrogen-bond donors (Lipinski definition) is 1. The molecule has 0 saturated carbocycles. The molecule has 0 radical (unpaired) electrons. The molecule has 10 heteroatoms. The average molecular weight is 458 g/mol. The van der Waals surface area contributed by atoms with Crippen LogP contribution in [0, 0.1) is 5.82 Å². The Kier molecular flexibility index (Phi) is 5.65. The van der Waals surface area contributed by atoms with Gasteiger partial charge in [-0.2, -0.15) is 5.21 Å². The van der Waals surface area contributed by atoms with E-state index in [-0.39, 0.29) is 36.5 Å². The van der Waals surface area contributed by atoms with Crippen molar-refractivity contribution in [1.82, 2.24) is 25.5 Å². The monoisotopic (exact) mass is 457 g/mol. The predicted octanol–water partition coefficient (Wildman–Crippen LogP) is 3.64. The fourth-order valence-electron chi connectivity index (χ4n) is 4.63. The zero-order valence-electron chi connectivity index (χ0n) is 17.1. The van der Waals surface area contributed by atoms with Crippen LogP contribution in [0.2, 0.25) is 5.02 Å². The third kappa shape index (κ3) is 4.25. The molecule has 1 aromatic heterocycles. The molecule has 32 heavy (non-hydrogen) atoms. The first-order valence-corrected chi connectivity index (χ1v) is 10.8. The molecule has 2 bridgehead atoms. The first-order chi connectivity index (χ1) is 15.6. The molecule has 2 fully saturated rings. The lowest BCUT2D eigenvalue weighted by Gasteiger charge is -2.38. The Hall–Kier alpha value is -3.20. The lowest BCUT2D eigenvalue weighted by molar-refractivity contribution is -0.139. The Labute approximate surface area is 188 Å². The van der Waals surface area contributed by atoms with Crippen molar-refractivity contribution < 1.29 is 18.7 Å². The molecule has 0 aliphatic carbocycles. The number of hydrogen-bond acceptors (Lipinski definition) is 6. The molecular formula is C22H21ClFN5O3. The van der Waals surface area contributed by atoms with Gasteiger partial charge in [0, 0.05) is 29.9 Å². The molecule has 166 valence electrons. The highest BCUT2D eigenvalue weighted by Gasteiger charge is 2.44. The quantitative estimate of drug-likeness (QED) is 0.607. The van der Waals surface area contributed by atoms with E-state index < -0.39 is 0 Å². The molecule has 3 aromatic rings. The molecule has 3 heterocycles. The van der Waals surface area contributed by atoms with E-state index in [1.54, 1.807) is 30.3 Å². The Morgan fingerprint density at radius 2 is 1.91 bits per heavy atom. The maximum Gasteiger partial charge on any atom is 0.261 e. The molecule has 2 aromatic carbocycles. The number of tetrazole rings is 1. The zero-order chi connectivity index (χ0) is 22.1. The van der Waals surface area contributed by atoms with Crippen LogP contribution in [0.4, 0.5) is 4.39 Å². The van der Waals surface area contributed by atoms with Gasteiger partial charge in [0.15, 0.2) is 6.61 Å². The number of piperidine rings is 1. The van der Waals surface area contributed by atoms with Gasteiger partial charge in [-0.05, 0) is 60.5 Å². The van der Waals surface area contributed by atoms with Gasteiger partial charge < -0.3 is 14.4 Å². The Morgan fingerprint density at radius 1 is 1.16 bits per heavy atom. The van der Waals surface area contributed by atoms with Gasteiger partial charge in [-0.3, -0.25) is 4.79 Å². The second-order valence-electron chi connectivity index (χ2n) is 8.02. The van der Waals surface area contributed by atoms with Crippen LogP contribution in [0.1, 0.15) is 25.7 Å². The number of aromatic amines is 1. The number of carbonyl (C=O) groups excluding carboxylic acids is 1. The summed E-state index contributed by atoms with van der Waals surface area (Å²) in [7, 11) is 0. The van der Waals surface area contributed by atoms with Crippen LogP contribution in [-0.2, 0) is 4.79 Å². The average Bonchev–Trinajstić information content (AvgIpc) is 3.41. The molecule has 1 amide bonds. The summed E-state index contributed by atoms with van der Waals surface area (Å²) in [5.41, 5.74) is 0.563. The van der Waals surface area contributed by atoms with Crippen molar-refractivity contribution in [1.29, 1.82) is 0 Å². The van der Waals surface area contributed by atoms with E-state index in [1.807, 2.05) is 4.90 Å². The minimum Gasteiger partial charge on any atom is -0.490 e. The zero-order valence-corrected chi connectivity index (χ0v) is 17.8. The van der Waals surface area contributed by atoms with Gasteiger partial charge in [0.1, 0.15) is 23.4 Å². The predicted molar refractivity (Wildman–Crippen MR) is 114 cm³/mol. The number of nitrogens with zero attached hydrogens (tertiary/aromatic N) is 4. The number of H-pyrrole nitrogens is 1. The number of carbonyl (C=O) groups is 1. The van der Waals surface area contributed by atoms with E-state index in [0.29, 0.717) is 27.9 Å². The van der Waals surface area contributed by atoms with Crippen molar-refractivity contribution >= 4 is 17.5 Å². The Bertz CT molecular complexity index is 1080. The molecule has 2 atom stereocenters. The van der Waals surface area contributed by atoms with E-state index >= 15 is 0 Å². The third-order valence-corrected chi connectivity index (χ3v) is 6.21. The molecular weight excluding hydrogens is 437 g/mol. The fourth-order valence-corrected chi connectivity index (χ4v) is 4.80. The highest BCUT2D eigenvalue weighted by molar-refractivity contribution is 6.30. The smallest absolute Gasteiger partial charge is 0.261 e. The van der Waals surface area contributed by atoms with Crippen molar-refractivity contribution in [2.45, 2.75) is 43.9 Å². The second kappa shape index (κ2) is 8.74. The summed E-state index contributed by atoms with van der Waals surface area (Å²) in [6.07, 6.45) is 3.37. The summed E-state index contributed by atoms with van der Waals surface area (Å²) in [6, 6.07) is 11.3. The molecule has 2 aliphatic rings. The number of halogens is 2. The maximum atomic E-state index is 13.1. The number of benzene rings is 2. The normalized spacial score (nSPS) is 22.1. The van der Waals surface area contributed by atoms with Gasteiger partial charge in [0.2, 0.25) is 5.82 Å². The van der Waals surface area contributed by atoms with Crippen LogP contribution >= 0.6 is 11.6 Å². The van der Waals surface area contributed by atoms with Gasteiger partial charge in [-0.1, -0.05) is 11.6 Å². The first kappa shape index (κ1) is 20.7. The van der Waals surface area contributed by atoms with Crippen LogP contribution in [-0.4, -0.2) is 56.2 Å². The minimum atomic E-state index is -0.291. The van der Waals surface area contributed by atoms with Crippen LogP contribution in [0.5, 0.6) is 11.5 Å². The summed E-state index contributed by atoms with van der Waals surface area (Å²) in [6.45, 7) is -0.0943. The van der Waals surface area contributed by atoms with Crippen LogP contribution in [0.15, 0.2) is 42.5 Å². The Balaban J connectivity index is 1.23. The molecule has 2 aliphatic heterocycles. The maximum absolute atomic E-state index is 13.1. The number of amides is 1. The number of rotatable bonds is 6. The third-order valence-electron chi connectivity index (χ3n) is 5.97. The first-order valence-electron chi connectivity index (χ1n) is 10.5. The second-order valence-corrected chi connectivity index (χ2v) is 8.45. The molecule has 8 nitrogen and oxygen atoms in total. The van der Waals surface area contributed by atoms with E-state index in [1.165, 1.54) is 12.1 Å². The van der Waals surface area contributed by atoms with Crippen LogP contribution in [0.3, 0.4) is 0 Å². The van der Waals surface area contributed by atoms with Crippen LogP contribution < -0.4 is 9.47 Å². The lowest BCUT2D eigenvalue weighted by atomic mass is 9.99. The van der Waals surface area contributed by atoms with Crippen LogP contribution in [0.25, 0.3) is 11.4 Å². The molecule has 2 saturated heterocycles. The topological polar surface area (TPSA) is 93.2 Å². The van der Waals surface area contributed by atoms with Gasteiger partial charge in [-0.15, -0.1) is 10.2 Å². The largest absolute Gasteiger partial charge is 0.490 e. The number of aromatic nitrogens is 4. The van der Waals surface area contributed by atoms with Gasteiger partial charge in [-0.25, -0.2) is 4.39 Å². The number of ether oxygens (including phenoxy) is 2. The number of nitrogens with one attached hydrogen (secondary N) is 1. The van der Waals surface area contributed by atoms with Gasteiger partial charge in [0.05, 0.1) is 5.56 Å². The van der Waals surface area contributed by atoms with E-state index in [2.05, 4.69) is 20.6 Å². The summed E-state index contributed by atoms with van der Waals surface area (Å²) in [5.74, 6) is 1.10. The summed E-state index contributed by atoms with van der Waals surface area (Å²) >= 11 is 6.10. The SMILES string of the molecule is O=C(COc1ccc(Cl)cc1-c1nn[nH]n1)N1C2CCC1CC(Oc1ccc(F)cc1)C2. The van der Waals surface area contributed by atoms with E-state index in [4.69, 9.17) is 21.1 Å². The molecule has 2 unspecified atom stereocenters. The molecule has 0 spiro atoms. The van der Waals surface area contributed by atoms with Gasteiger partial charge in [0.25, 0.3) is 5.91 Å². The van der Waals surface area contributed by atoms with Gasteiger partial charge >= 0.3 is 0 Å². The fraction of sp³-hybridized carbons (Fsp3) is 0.364. The van der Waals surface area contributed by atoms with Crippen molar-refractivity contribution in [3.8, 4) is 22.9 Å². The minimum absolute atomic E-state index is 0.00374. The standard InChI is InChI=1S/C22H21ClFN5O3/c23-13-1-8-20(19(9-13)22-25-27-28-26-22)31-12-21(30)29-15-4-5-16(29)11-18(10-15)32-17-6-2-14(24)3-7-17/h1-3,6-9,15-16,18H,4-5,10-12H2,(H,25,26,27,28). The van der Waals surface area contributed by atoms with Crippen molar-refractivity contribution in [2.75, 3.05) is 6.61 Å². The number of fused-ring (bicyclic) bond motifs is 2. The lowest BCUT2D eigenvalue weighted by Crippen LogP contribution is -2.50. The van der Waals surface area contributed by atoms with Crippen molar-refractivity contribution in [3.05, 3.63) is 53.3 Å². The molecule has 5 rings (SSSR count). The molecule has 1 N–H and O–H groups in total. The summed E-state index contributed by atoms with van der Waals surface area (Å²) in [4.78, 5) is 15.0. The summed E-state index contributed by atoms with van der Waals surface area (Å²) in [5, 5.41) is 14.4. The van der Waals surface area contributed by atoms with Crippen molar-refractivity contribution in [3.63, 3.8) is 0 Å². The van der Waals surface area contributed by atoms with Crippen molar-refractivity contribution in [2.24, 2.45) is 0 Å². The van der Waals surface area contributed by atoms with E-state index in [0.717, 1.165) is 25.7 Å². The highest BCUT2D eigenvalue weighted by atomic mass is 35.5.